The fourth-order valence-electron chi connectivity index (χ4n) is 2.56. The lowest BCUT2D eigenvalue weighted by atomic mass is 10.1. The fraction of sp³-hybridized carbons (Fsp3) is 0.733. The second-order valence-electron chi connectivity index (χ2n) is 5.46. The highest BCUT2D eigenvalue weighted by atomic mass is 35.5. The quantitative estimate of drug-likeness (QED) is 0.813. The molecule has 1 aromatic rings. The van der Waals surface area contributed by atoms with Gasteiger partial charge in [-0.15, -0.1) is 12.4 Å². The molecule has 2 rings (SSSR count). The first kappa shape index (κ1) is 18.0. The number of nitrogens with one attached hydrogen (secondary N) is 2. The molecule has 0 radical (unpaired) electrons. The number of nitrogens with zero attached hydrogens (tertiary/aromatic N) is 2. The molecule has 0 bridgehead atoms. The van der Waals surface area contributed by atoms with E-state index in [0.717, 1.165) is 69.5 Å². The van der Waals surface area contributed by atoms with Gasteiger partial charge in [0.2, 0.25) is 0 Å². The molecular weight excluding hydrogens is 288 g/mol. The molecule has 5 nitrogen and oxygen atoms in total. The van der Waals surface area contributed by atoms with Crippen molar-refractivity contribution in [1.82, 2.24) is 20.4 Å². The summed E-state index contributed by atoms with van der Waals surface area (Å²) in [4.78, 5) is 14.7. The summed E-state index contributed by atoms with van der Waals surface area (Å²) in [6.07, 6.45) is 5.26. The largest absolute Gasteiger partial charge is 0.337 e. The third-order valence-electron chi connectivity index (χ3n) is 3.86. The first-order valence-corrected chi connectivity index (χ1v) is 7.84. The van der Waals surface area contributed by atoms with Crippen molar-refractivity contribution in [1.29, 1.82) is 0 Å². The van der Waals surface area contributed by atoms with E-state index in [0.29, 0.717) is 5.69 Å². The van der Waals surface area contributed by atoms with E-state index in [4.69, 9.17) is 0 Å². The van der Waals surface area contributed by atoms with Crippen molar-refractivity contribution in [2.24, 2.45) is 0 Å². The molecule has 0 fully saturated rings. The van der Waals surface area contributed by atoms with Crippen LogP contribution in [0.4, 0.5) is 0 Å². The molecule has 120 valence electrons. The van der Waals surface area contributed by atoms with Crippen molar-refractivity contribution in [2.45, 2.75) is 52.5 Å². The lowest BCUT2D eigenvalue weighted by molar-refractivity contribution is 0.0743. The van der Waals surface area contributed by atoms with E-state index in [2.05, 4.69) is 29.4 Å². The number of H-pyrrole nitrogens is 1. The maximum atomic E-state index is 12.7. The smallest absolute Gasteiger partial charge is 0.274 e. The maximum Gasteiger partial charge on any atom is 0.274 e. The molecule has 0 spiro atoms. The van der Waals surface area contributed by atoms with Gasteiger partial charge in [-0.1, -0.05) is 26.7 Å². The van der Waals surface area contributed by atoms with Gasteiger partial charge in [-0.25, -0.2) is 0 Å². The minimum atomic E-state index is 0. The molecule has 2 N–H and O–H groups in total. The monoisotopic (exact) mass is 314 g/mol. The molecular formula is C15H27ClN4O. The second-order valence-corrected chi connectivity index (χ2v) is 5.46. The van der Waals surface area contributed by atoms with Crippen LogP contribution in [-0.2, 0) is 13.0 Å². The molecule has 0 saturated heterocycles. The van der Waals surface area contributed by atoms with Crippen LogP contribution in [0.3, 0.4) is 0 Å². The van der Waals surface area contributed by atoms with E-state index in [1.807, 2.05) is 4.90 Å². The van der Waals surface area contributed by atoms with Gasteiger partial charge in [0.25, 0.3) is 5.91 Å². The summed E-state index contributed by atoms with van der Waals surface area (Å²) < 4.78 is 0. The number of carbonyl (C=O) groups excluding carboxylic acids is 1. The zero-order valence-electron chi connectivity index (χ0n) is 13.1. The van der Waals surface area contributed by atoms with Crippen LogP contribution in [0.1, 0.15) is 61.3 Å². The Morgan fingerprint density at radius 1 is 1.24 bits per heavy atom. The molecule has 21 heavy (non-hydrogen) atoms. The molecule has 0 aromatic carbocycles. The zero-order valence-corrected chi connectivity index (χ0v) is 13.9. The molecule has 1 aliphatic rings. The van der Waals surface area contributed by atoms with Crippen LogP contribution < -0.4 is 5.32 Å². The van der Waals surface area contributed by atoms with E-state index in [-0.39, 0.29) is 18.3 Å². The van der Waals surface area contributed by atoms with E-state index in [1.54, 1.807) is 0 Å². The van der Waals surface area contributed by atoms with E-state index < -0.39 is 0 Å². The Labute approximate surface area is 133 Å². The molecule has 0 unspecified atom stereocenters. The highest BCUT2D eigenvalue weighted by molar-refractivity contribution is 5.94. The SMILES string of the molecule is CCCCN(CCCC)C(=O)c1n[nH]c2c1CNCC2.Cl. The molecule has 0 aliphatic carbocycles. The lowest BCUT2D eigenvalue weighted by Crippen LogP contribution is -2.34. The number of fused-ring (bicyclic) bond motifs is 1. The molecule has 1 amide bonds. The molecule has 1 aliphatic heterocycles. The van der Waals surface area contributed by atoms with Gasteiger partial charge in [-0.05, 0) is 12.8 Å². The van der Waals surface area contributed by atoms with Crippen LogP contribution in [0.25, 0.3) is 0 Å². The average Bonchev–Trinajstić information content (AvgIpc) is 2.91. The van der Waals surface area contributed by atoms with Crippen molar-refractivity contribution < 1.29 is 4.79 Å². The molecule has 1 aromatic heterocycles. The van der Waals surface area contributed by atoms with Gasteiger partial charge in [-0.3, -0.25) is 9.89 Å². The summed E-state index contributed by atoms with van der Waals surface area (Å²) in [6.45, 7) is 7.70. The normalized spacial score (nSPS) is 13.4. The number of amides is 1. The van der Waals surface area contributed by atoms with Gasteiger partial charge in [0.15, 0.2) is 5.69 Å². The Balaban J connectivity index is 0.00000220. The van der Waals surface area contributed by atoms with Crippen LogP contribution >= 0.6 is 12.4 Å². The predicted molar refractivity (Wildman–Crippen MR) is 87.0 cm³/mol. The number of carbonyl (C=O) groups is 1. The van der Waals surface area contributed by atoms with Crippen molar-refractivity contribution in [3.63, 3.8) is 0 Å². The van der Waals surface area contributed by atoms with Crippen LogP contribution in [0.15, 0.2) is 0 Å². The maximum absolute atomic E-state index is 12.7. The van der Waals surface area contributed by atoms with Crippen LogP contribution in [0, 0.1) is 0 Å². The first-order chi connectivity index (χ1) is 9.77. The van der Waals surface area contributed by atoms with Gasteiger partial charge < -0.3 is 10.2 Å². The second kappa shape index (κ2) is 9.05. The summed E-state index contributed by atoms with van der Waals surface area (Å²) in [5.41, 5.74) is 2.82. The van der Waals surface area contributed by atoms with E-state index in [1.165, 1.54) is 0 Å². The first-order valence-electron chi connectivity index (χ1n) is 7.84. The van der Waals surface area contributed by atoms with Gasteiger partial charge in [0.05, 0.1) is 0 Å². The van der Waals surface area contributed by atoms with E-state index in [9.17, 15) is 4.79 Å². The Hall–Kier alpha value is -1.07. The number of rotatable bonds is 7. The standard InChI is InChI=1S/C15H26N4O.ClH/c1-3-5-9-19(10-6-4-2)15(20)14-12-11-16-8-7-13(12)17-18-14;/h16H,3-11H2,1-2H3,(H,17,18);1H. The Bertz CT molecular complexity index is 439. The molecule has 2 heterocycles. The average molecular weight is 315 g/mol. The summed E-state index contributed by atoms with van der Waals surface area (Å²) >= 11 is 0. The number of hydrogen-bond acceptors (Lipinski definition) is 3. The van der Waals surface area contributed by atoms with Crippen LogP contribution in [0.5, 0.6) is 0 Å². The number of unbranched alkanes of at least 4 members (excludes halogenated alkanes) is 2. The lowest BCUT2D eigenvalue weighted by Gasteiger charge is -2.22. The summed E-state index contributed by atoms with van der Waals surface area (Å²) in [5, 5.41) is 10.6. The summed E-state index contributed by atoms with van der Waals surface area (Å²) in [5.74, 6) is 0.0908. The van der Waals surface area contributed by atoms with Crippen molar-refractivity contribution in [2.75, 3.05) is 19.6 Å². The zero-order chi connectivity index (χ0) is 14.4. The van der Waals surface area contributed by atoms with Crippen LogP contribution in [0.2, 0.25) is 0 Å². The minimum absolute atomic E-state index is 0. The summed E-state index contributed by atoms with van der Waals surface area (Å²) in [7, 11) is 0. The third kappa shape index (κ3) is 4.45. The van der Waals surface area contributed by atoms with Crippen LogP contribution in [-0.4, -0.2) is 40.6 Å². The van der Waals surface area contributed by atoms with Gasteiger partial charge in [0, 0.05) is 43.9 Å². The Kier molecular flexibility index (Phi) is 7.75. The number of halogens is 1. The van der Waals surface area contributed by atoms with Crippen molar-refractivity contribution in [3.05, 3.63) is 17.0 Å². The van der Waals surface area contributed by atoms with Crippen molar-refractivity contribution >= 4 is 18.3 Å². The van der Waals surface area contributed by atoms with Crippen molar-refractivity contribution in [3.8, 4) is 0 Å². The fourth-order valence-corrected chi connectivity index (χ4v) is 2.56. The summed E-state index contributed by atoms with van der Waals surface area (Å²) in [6, 6.07) is 0. The van der Waals surface area contributed by atoms with E-state index >= 15 is 0 Å². The highest BCUT2D eigenvalue weighted by Crippen LogP contribution is 2.17. The minimum Gasteiger partial charge on any atom is -0.337 e. The number of aromatic amines is 1. The third-order valence-corrected chi connectivity index (χ3v) is 3.86. The molecule has 0 atom stereocenters. The van der Waals surface area contributed by atoms with Gasteiger partial charge in [-0.2, -0.15) is 5.10 Å². The Morgan fingerprint density at radius 3 is 2.52 bits per heavy atom. The van der Waals surface area contributed by atoms with Gasteiger partial charge in [0.1, 0.15) is 0 Å². The molecule has 0 saturated carbocycles. The Morgan fingerprint density at radius 2 is 1.90 bits per heavy atom. The topological polar surface area (TPSA) is 61.0 Å². The number of aromatic nitrogens is 2. The highest BCUT2D eigenvalue weighted by Gasteiger charge is 2.24. The molecule has 6 heteroatoms. The predicted octanol–water partition coefficient (Wildman–Crippen LogP) is 2.52. The van der Waals surface area contributed by atoms with Gasteiger partial charge >= 0.3 is 0 Å². The number of hydrogen-bond donors (Lipinski definition) is 2.